The number of nitrogens with one attached hydrogen (secondary N) is 1. The molecule has 3 N–H and O–H groups in total. The lowest BCUT2D eigenvalue weighted by atomic mass is 9.91. The van der Waals surface area contributed by atoms with Crippen LogP contribution in [0.1, 0.15) is 25.7 Å². The van der Waals surface area contributed by atoms with Gasteiger partial charge in [-0.05, 0) is 12.8 Å². The number of rotatable bonds is 5. The smallest absolute Gasteiger partial charge is 0.203 e. The van der Waals surface area contributed by atoms with E-state index < -0.39 is 0 Å². The van der Waals surface area contributed by atoms with Gasteiger partial charge in [0.2, 0.25) is 5.75 Å². The molecule has 0 aliphatic heterocycles. The van der Waals surface area contributed by atoms with E-state index in [1.54, 1.807) is 21.3 Å². The van der Waals surface area contributed by atoms with Gasteiger partial charge in [-0.2, -0.15) is 0 Å². The normalized spacial score (nSPS) is 22.2. The molecule has 1 aliphatic carbocycles. The number of methoxy groups -OCH3 is 3. The molecule has 5 nitrogen and oxygen atoms in total. The maximum absolute atomic E-state index is 6.17. The van der Waals surface area contributed by atoms with E-state index in [4.69, 9.17) is 19.9 Å². The summed E-state index contributed by atoms with van der Waals surface area (Å²) in [6.07, 6.45) is 4.60. The van der Waals surface area contributed by atoms with Crippen LogP contribution in [0.4, 0.5) is 5.69 Å². The van der Waals surface area contributed by atoms with Gasteiger partial charge in [-0.3, -0.25) is 0 Å². The number of anilines is 1. The Labute approximate surface area is 120 Å². The van der Waals surface area contributed by atoms with Gasteiger partial charge in [-0.15, -0.1) is 0 Å². The lowest BCUT2D eigenvalue weighted by Gasteiger charge is -2.30. The summed E-state index contributed by atoms with van der Waals surface area (Å²) in [7, 11) is 4.84. The van der Waals surface area contributed by atoms with Gasteiger partial charge in [0.15, 0.2) is 11.5 Å². The Balaban J connectivity index is 2.23. The van der Waals surface area contributed by atoms with Gasteiger partial charge in [0, 0.05) is 29.9 Å². The fraction of sp³-hybridized carbons (Fsp3) is 0.600. The second-order valence-electron chi connectivity index (χ2n) is 5.11. The summed E-state index contributed by atoms with van der Waals surface area (Å²) >= 11 is 0. The lowest BCUT2D eigenvalue weighted by molar-refractivity contribution is 0.324. The average molecular weight is 280 g/mol. The molecule has 5 heteroatoms. The molecule has 0 bridgehead atoms. The van der Waals surface area contributed by atoms with Gasteiger partial charge in [0.1, 0.15) is 0 Å². The van der Waals surface area contributed by atoms with Crippen LogP contribution in [0.2, 0.25) is 0 Å². The molecule has 2 rings (SSSR count). The molecule has 0 aromatic heterocycles. The van der Waals surface area contributed by atoms with Crippen LogP contribution in [0, 0.1) is 0 Å². The van der Waals surface area contributed by atoms with E-state index in [0.717, 1.165) is 18.5 Å². The standard InChI is InChI=1S/C15H24N2O3/c1-18-13-8-10(9-14(19-2)15(13)20-3)17-12-7-5-4-6-11(12)16/h8-9,11-12,17H,4-7,16H2,1-3H3/t11-,12+/m1/s1. The highest BCUT2D eigenvalue weighted by molar-refractivity contribution is 5.62. The third-order valence-corrected chi connectivity index (χ3v) is 3.84. The highest BCUT2D eigenvalue weighted by Crippen LogP contribution is 2.40. The number of hydrogen-bond donors (Lipinski definition) is 2. The molecule has 0 heterocycles. The predicted molar refractivity (Wildman–Crippen MR) is 80.0 cm³/mol. The lowest BCUT2D eigenvalue weighted by Crippen LogP contribution is -2.42. The molecule has 0 amide bonds. The Hall–Kier alpha value is -1.62. The van der Waals surface area contributed by atoms with E-state index in [2.05, 4.69) is 5.32 Å². The van der Waals surface area contributed by atoms with Crippen LogP contribution in [0.3, 0.4) is 0 Å². The maximum atomic E-state index is 6.17. The summed E-state index contributed by atoms with van der Waals surface area (Å²) in [5, 5.41) is 3.49. The van der Waals surface area contributed by atoms with Crippen LogP contribution in [0.25, 0.3) is 0 Å². The van der Waals surface area contributed by atoms with E-state index in [1.165, 1.54) is 12.8 Å². The van der Waals surface area contributed by atoms with E-state index in [1.807, 2.05) is 12.1 Å². The summed E-state index contributed by atoms with van der Waals surface area (Å²) in [5.74, 6) is 1.91. The summed E-state index contributed by atoms with van der Waals surface area (Å²) in [6.45, 7) is 0. The maximum Gasteiger partial charge on any atom is 0.203 e. The topological polar surface area (TPSA) is 65.7 Å². The van der Waals surface area contributed by atoms with Crippen LogP contribution < -0.4 is 25.3 Å². The van der Waals surface area contributed by atoms with Crippen molar-refractivity contribution in [1.29, 1.82) is 0 Å². The van der Waals surface area contributed by atoms with Crippen molar-refractivity contribution in [2.45, 2.75) is 37.8 Å². The first kappa shape index (κ1) is 14.8. The molecular formula is C15H24N2O3. The molecule has 2 atom stereocenters. The van der Waals surface area contributed by atoms with E-state index in [-0.39, 0.29) is 6.04 Å². The fourth-order valence-electron chi connectivity index (χ4n) is 2.72. The first-order chi connectivity index (χ1) is 9.69. The van der Waals surface area contributed by atoms with Crippen LogP contribution in [0.15, 0.2) is 12.1 Å². The van der Waals surface area contributed by atoms with Crippen molar-refractivity contribution in [2.75, 3.05) is 26.6 Å². The first-order valence-corrected chi connectivity index (χ1v) is 7.01. The van der Waals surface area contributed by atoms with E-state index in [0.29, 0.717) is 23.3 Å². The second kappa shape index (κ2) is 6.70. The monoisotopic (exact) mass is 280 g/mol. The quantitative estimate of drug-likeness (QED) is 0.867. The predicted octanol–water partition coefficient (Wildman–Crippen LogP) is 2.39. The molecule has 1 aliphatic rings. The second-order valence-corrected chi connectivity index (χ2v) is 5.11. The first-order valence-electron chi connectivity index (χ1n) is 7.01. The zero-order valence-corrected chi connectivity index (χ0v) is 12.4. The van der Waals surface area contributed by atoms with Gasteiger partial charge < -0.3 is 25.3 Å². The van der Waals surface area contributed by atoms with Gasteiger partial charge >= 0.3 is 0 Å². The minimum atomic E-state index is 0.197. The molecular weight excluding hydrogens is 256 g/mol. The zero-order valence-electron chi connectivity index (χ0n) is 12.4. The van der Waals surface area contributed by atoms with Gasteiger partial charge in [0.05, 0.1) is 21.3 Å². The minimum Gasteiger partial charge on any atom is -0.493 e. The third kappa shape index (κ3) is 3.10. The molecule has 0 unspecified atom stereocenters. The Morgan fingerprint density at radius 1 is 1.00 bits per heavy atom. The molecule has 112 valence electrons. The van der Waals surface area contributed by atoms with Crippen LogP contribution >= 0.6 is 0 Å². The molecule has 20 heavy (non-hydrogen) atoms. The summed E-state index contributed by atoms with van der Waals surface area (Å²) in [5.41, 5.74) is 7.12. The van der Waals surface area contributed by atoms with Crippen molar-refractivity contribution < 1.29 is 14.2 Å². The van der Waals surface area contributed by atoms with Gasteiger partial charge in [0.25, 0.3) is 0 Å². The minimum absolute atomic E-state index is 0.197. The van der Waals surface area contributed by atoms with Crippen molar-refractivity contribution in [2.24, 2.45) is 5.73 Å². The number of benzene rings is 1. The van der Waals surface area contributed by atoms with Gasteiger partial charge in [-0.25, -0.2) is 0 Å². The number of hydrogen-bond acceptors (Lipinski definition) is 5. The number of nitrogens with two attached hydrogens (primary N) is 1. The molecule has 1 saturated carbocycles. The summed E-state index contributed by atoms with van der Waals surface area (Å²) in [6, 6.07) is 4.33. The van der Waals surface area contributed by atoms with Crippen LogP contribution in [0.5, 0.6) is 17.2 Å². The number of ether oxygens (including phenoxy) is 3. The molecule has 0 spiro atoms. The van der Waals surface area contributed by atoms with Crippen molar-refractivity contribution >= 4 is 5.69 Å². The van der Waals surface area contributed by atoms with Crippen molar-refractivity contribution in [1.82, 2.24) is 0 Å². The highest BCUT2D eigenvalue weighted by atomic mass is 16.5. The molecule has 0 radical (unpaired) electrons. The van der Waals surface area contributed by atoms with Crippen molar-refractivity contribution in [3.8, 4) is 17.2 Å². The summed E-state index contributed by atoms with van der Waals surface area (Å²) in [4.78, 5) is 0. The van der Waals surface area contributed by atoms with Crippen LogP contribution in [-0.4, -0.2) is 33.4 Å². The van der Waals surface area contributed by atoms with Gasteiger partial charge in [-0.1, -0.05) is 12.8 Å². The average Bonchev–Trinajstić information content (AvgIpc) is 2.48. The Morgan fingerprint density at radius 3 is 2.10 bits per heavy atom. The third-order valence-electron chi connectivity index (χ3n) is 3.84. The van der Waals surface area contributed by atoms with Crippen molar-refractivity contribution in [3.63, 3.8) is 0 Å². The largest absolute Gasteiger partial charge is 0.493 e. The Kier molecular flexibility index (Phi) is 4.95. The molecule has 1 fully saturated rings. The van der Waals surface area contributed by atoms with E-state index >= 15 is 0 Å². The molecule has 1 aromatic carbocycles. The highest BCUT2D eigenvalue weighted by Gasteiger charge is 2.22. The fourth-order valence-corrected chi connectivity index (χ4v) is 2.72. The Bertz CT molecular complexity index is 426. The zero-order chi connectivity index (χ0) is 14.5. The Morgan fingerprint density at radius 2 is 1.60 bits per heavy atom. The van der Waals surface area contributed by atoms with Crippen molar-refractivity contribution in [3.05, 3.63) is 12.1 Å². The molecule has 0 saturated heterocycles. The van der Waals surface area contributed by atoms with Crippen LogP contribution in [-0.2, 0) is 0 Å². The summed E-state index contributed by atoms with van der Waals surface area (Å²) < 4.78 is 16.0. The van der Waals surface area contributed by atoms with E-state index in [9.17, 15) is 0 Å². The molecule has 1 aromatic rings. The SMILES string of the molecule is COc1cc(N[C@H]2CCCC[C@H]2N)cc(OC)c1OC.